The number of rotatable bonds is 3. The number of hydrogen-bond acceptors (Lipinski definition) is 4. The van der Waals surface area contributed by atoms with E-state index in [1.165, 1.54) is 5.69 Å². The predicted molar refractivity (Wildman–Crippen MR) is 97.9 cm³/mol. The van der Waals surface area contributed by atoms with Gasteiger partial charge < -0.3 is 14.8 Å². The van der Waals surface area contributed by atoms with Crippen LogP contribution in [0.4, 0.5) is 5.69 Å². The van der Waals surface area contributed by atoms with Crippen molar-refractivity contribution in [3.05, 3.63) is 52.9 Å². The highest BCUT2D eigenvalue weighted by Gasteiger charge is 2.18. The van der Waals surface area contributed by atoms with Crippen LogP contribution in [0.25, 0.3) is 11.2 Å². The van der Waals surface area contributed by atoms with Gasteiger partial charge in [-0.15, -0.1) is 0 Å². The maximum Gasteiger partial charge on any atom is 0.162 e. The summed E-state index contributed by atoms with van der Waals surface area (Å²) in [5.74, 6) is 0.958. The standard InChI is InChI=1S/C18H20ClN5/c1-13-22-17-16(23-10-8-20-9-11-23)6-7-21-18(17)24(13)12-14-4-2-3-5-15(14)19/h2-7,20H,8-12H2,1H3. The lowest BCUT2D eigenvalue weighted by Gasteiger charge is -2.29. The number of pyridine rings is 1. The number of fused-ring (bicyclic) bond motifs is 1. The van der Waals surface area contributed by atoms with Gasteiger partial charge in [-0.05, 0) is 24.6 Å². The number of nitrogens with zero attached hydrogens (tertiary/aromatic N) is 4. The largest absolute Gasteiger partial charge is 0.367 e. The average Bonchev–Trinajstić information content (AvgIpc) is 2.93. The van der Waals surface area contributed by atoms with Crippen LogP contribution in [0.2, 0.25) is 5.02 Å². The molecule has 0 spiro atoms. The summed E-state index contributed by atoms with van der Waals surface area (Å²) in [4.78, 5) is 11.8. The Kier molecular flexibility index (Phi) is 4.12. The fourth-order valence-corrected chi connectivity index (χ4v) is 3.46. The average molecular weight is 342 g/mol. The molecule has 0 atom stereocenters. The summed E-state index contributed by atoms with van der Waals surface area (Å²) >= 11 is 6.33. The van der Waals surface area contributed by atoms with Crippen molar-refractivity contribution >= 4 is 28.5 Å². The minimum absolute atomic E-state index is 0.681. The van der Waals surface area contributed by atoms with Gasteiger partial charge in [0.1, 0.15) is 11.3 Å². The minimum Gasteiger partial charge on any atom is -0.367 e. The Morgan fingerprint density at radius 2 is 1.96 bits per heavy atom. The third-order valence-corrected chi connectivity index (χ3v) is 4.92. The molecule has 1 aromatic carbocycles. The highest BCUT2D eigenvalue weighted by molar-refractivity contribution is 6.31. The number of piperazine rings is 1. The van der Waals surface area contributed by atoms with Crippen LogP contribution < -0.4 is 10.2 Å². The fraction of sp³-hybridized carbons (Fsp3) is 0.333. The Balaban J connectivity index is 1.77. The second-order valence-electron chi connectivity index (χ2n) is 6.08. The first-order valence-corrected chi connectivity index (χ1v) is 8.63. The Morgan fingerprint density at radius 3 is 2.75 bits per heavy atom. The van der Waals surface area contributed by atoms with Crippen molar-refractivity contribution in [2.75, 3.05) is 31.1 Å². The Morgan fingerprint density at radius 1 is 1.17 bits per heavy atom. The number of anilines is 1. The van der Waals surface area contributed by atoms with E-state index < -0.39 is 0 Å². The lowest BCUT2D eigenvalue weighted by Crippen LogP contribution is -2.43. The molecule has 0 amide bonds. The summed E-state index contributed by atoms with van der Waals surface area (Å²) in [6, 6.07) is 10.00. The van der Waals surface area contributed by atoms with E-state index in [2.05, 4.69) is 25.8 Å². The van der Waals surface area contributed by atoms with E-state index in [-0.39, 0.29) is 0 Å². The van der Waals surface area contributed by atoms with Gasteiger partial charge in [0.2, 0.25) is 0 Å². The molecule has 1 fully saturated rings. The zero-order valence-corrected chi connectivity index (χ0v) is 14.4. The molecule has 1 aliphatic heterocycles. The molecule has 0 radical (unpaired) electrons. The highest BCUT2D eigenvalue weighted by atomic mass is 35.5. The van der Waals surface area contributed by atoms with Crippen molar-refractivity contribution in [1.29, 1.82) is 0 Å². The Hall–Kier alpha value is -2.11. The number of nitrogens with one attached hydrogen (secondary N) is 1. The van der Waals surface area contributed by atoms with Gasteiger partial charge in [-0.3, -0.25) is 0 Å². The van der Waals surface area contributed by atoms with Gasteiger partial charge >= 0.3 is 0 Å². The number of halogens is 1. The van der Waals surface area contributed by atoms with Crippen molar-refractivity contribution in [1.82, 2.24) is 19.9 Å². The molecule has 4 rings (SSSR count). The van der Waals surface area contributed by atoms with Crippen LogP contribution in [-0.4, -0.2) is 40.7 Å². The van der Waals surface area contributed by atoms with E-state index in [4.69, 9.17) is 16.6 Å². The van der Waals surface area contributed by atoms with E-state index in [0.29, 0.717) is 6.54 Å². The lowest BCUT2D eigenvalue weighted by atomic mass is 10.2. The summed E-state index contributed by atoms with van der Waals surface area (Å²) in [6.45, 7) is 6.71. The summed E-state index contributed by atoms with van der Waals surface area (Å²) in [5, 5.41) is 4.17. The molecule has 0 bridgehead atoms. The van der Waals surface area contributed by atoms with Crippen LogP contribution >= 0.6 is 11.6 Å². The lowest BCUT2D eigenvalue weighted by molar-refractivity contribution is 0.590. The van der Waals surface area contributed by atoms with E-state index >= 15 is 0 Å². The first kappa shape index (κ1) is 15.4. The molecule has 6 heteroatoms. The van der Waals surface area contributed by atoms with Crippen LogP contribution in [0.3, 0.4) is 0 Å². The number of hydrogen-bond donors (Lipinski definition) is 1. The first-order chi connectivity index (χ1) is 11.7. The van der Waals surface area contributed by atoms with Crippen molar-refractivity contribution in [2.24, 2.45) is 0 Å². The minimum atomic E-state index is 0.681. The van der Waals surface area contributed by atoms with Crippen molar-refractivity contribution in [2.45, 2.75) is 13.5 Å². The second kappa shape index (κ2) is 6.42. The molecule has 3 heterocycles. The second-order valence-corrected chi connectivity index (χ2v) is 6.48. The Labute approximate surface area is 146 Å². The third kappa shape index (κ3) is 2.74. The molecular weight excluding hydrogens is 322 g/mol. The molecule has 2 aromatic heterocycles. The van der Waals surface area contributed by atoms with Gasteiger partial charge in [-0.25, -0.2) is 9.97 Å². The van der Waals surface area contributed by atoms with Gasteiger partial charge in [0, 0.05) is 37.4 Å². The van der Waals surface area contributed by atoms with E-state index in [9.17, 15) is 0 Å². The zero-order chi connectivity index (χ0) is 16.5. The molecular formula is C18H20ClN5. The molecule has 0 saturated carbocycles. The van der Waals surface area contributed by atoms with Crippen LogP contribution in [0, 0.1) is 6.92 Å². The normalized spacial score (nSPS) is 15.2. The van der Waals surface area contributed by atoms with Gasteiger partial charge in [0.15, 0.2) is 5.65 Å². The first-order valence-electron chi connectivity index (χ1n) is 8.25. The molecule has 24 heavy (non-hydrogen) atoms. The maximum absolute atomic E-state index is 6.33. The maximum atomic E-state index is 6.33. The molecule has 3 aromatic rings. The van der Waals surface area contributed by atoms with E-state index in [1.807, 2.05) is 37.4 Å². The quantitative estimate of drug-likeness (QED) is 0.795. The molecule has 5 nitrogen and oxygen atoms in total. The molecule has 1 aliphatic rings. The summed E-state index contributed by atoms with van der Waals surface area (Å²) in [6.07, 6.45) is 1.88. The van der Waals surface area contributed by atoms with Crippen LogP contribution in [0.15, 0.2) is 36.5 Å². The van der Waals surface area contributed by atoms with Gasteiger partial charge in [0.25, 0.3) is 0 Å². The van der Waals surface area contributed by atoms with Gasteiger partial charge in [-0.2, -0.15) is 0 Å². The van der Waals surface area contributed by atoms with Gasteiger partial charge in [0.05, 0.1) is 12.2 Å². The molecule has 124 valence electrons. The van der Waals surface area contributed by atoms with Crippen LogP contribution in [-0.2, 0) is 6.54 Å². The Bertz CT molecular complexity index is 867. The summed E-state index contributed by atoms with van der Waals surface area (Å²) in [5.41, 5.74) is 4.14. The topological polar surface area (TPSA) is 46.0 Å². The predicted octanol–water partition coefficient (Wildman–Crippen LogP) is 2.85. The summed E-state index contributed by atoms with van der Waals surface area (Å²) < 4.78 is 2.14. The number of imidazole rings is 1. The molecule has 1 N–H and O–H groups in total. The monoisotopic (exact) mass is 341 g/mol. The van der Waals surface area contributed by atoms with Crippen molar-refractivity contribution in [3.63, 3.8) is 0 Å². The van der Waals surface area contributed by atoms with Gasteiger partial charge in [-0.1, -0.05) is 29.8 Å². The number of benzene rings is 1. The van der Waals surface area contributed by atoms with E-state index in [1.54, 1.807) is 0 Å². The molecule has 0 aliphatic carbocycles. The smallest absolute Gasteiger partial charge is 0.162 e. The highest BCUT2D eigenvalue weighted by Crippen LogP contribution is 2.27. The van der Waals surface area contributed by atoms with Crippen LogP contribution in [0.5, 0.6) is 0 Å². The molecule has 1 saturated heterocycles. The zero-order valence-electron chi connectivity index (χ0n) is 13.7. The summed E-state index contributed by atoms with van der Waals surface area (Å²) in [7, 11) is 0. The molecule has 0 unspecified atom stereocenters. The SMILES string of the molecule is Cc1nc2c(N3CCNCC3)ccnc2n1Cc1ccccc1Cl. The van der Waals surface area contributed by atoms with E-state index in [0.717, 1.165) is 53.8 Å². The van der Waals surface area contributed by atoms with Crippen molar-refractivity contribution < 1.29 is 0 Å². The number of aromatic nitrogens is 3. The van der Waals surface area contributed by atoms with Crippen LogP contribution in [0.1, 0.15) is 11.4 Å². The van der Waals surface area contributed by atoms with Crippen molar-refractivity contribution in [3.8, 4) is 0 Å². The third-order valence-electron chi connectivity index (χ3n) is 4.55. The number of aryl methyl sites for hydroxylation is 1. The fourth-order valence-electron chi connectivity index (χ4n) is 3.26.